The van der Waals surface area contributed by atoms with Crippen LogP contribution in [0.1, 0.15) is 50.5 Å². The highest BCUT2D eigenvalue weighted by Crippen LogP contribution is 2.30. The van der Waals surface area contributed by atoms with Crippen molar-refractivity contribution in [2.75, 3.05) is 19.6 Å². The van der Waals surface area contributed by atoms with Crippen LogP contribution in [0.2, 0.25) is 0 Å². The van der Waals surface area contributed by atoms with Crippen molar-refractivity contribution in [2.24, 2.45) is 5.92 Å². The normalized spacial score (nSPS) is 27.2. The van der Waals surface area contributed by atoms with Gasteiger partial charge in [0.15, 0.2) is 24.1 Å². The Labute approximate surface area is 160 Å². The zero-order valence-electron chi connectivity index (χ0n) is 15.9. The highest BCUT2D eigenvalue weighted by atomic mass is 19.2. The number of rotatable bonds is 7. The second-order valence-electron chi connectivity index (χ2n) is 8.32. The summed E-state index contributed by atoms with van der Waals surface area (Å²) < 4.78 is 32.9. The zero-order chi connectivity index (χ0) is 18.6. The minimum absolute atomic E-state index is 0.0370. The molecule has 27 heavy (non-hydrogen) atoms. The summed E-state index contributed by atoms with van der Waals surface area (Å²) in [5.74, 6) is -0.942. The molecular formula is C21H31F2N3O. The van der Waals surface area contributed by atoms with Gasteiger partial charge in [0.25, 0.3) is 0 Å². The summed E-state index contributed by atoms with van der Waals surface area (Å²) in [6.07, 6.45) is 8.80. The molecule has 4 rings (SSSR count). The van der Waals surface area contributed by atoms with Gasteiger partial charge in [0, 0.05) is 19.1 Å². The van der Waals surface area contributed by atoms with Gasteiger partial charge < -0.3 is 10.1 Å². The number of ether oxygens (including phenoxy) is 1. The number of hydrogen-bond acceptors (Lipinski definition) is 4. The van der Waals surface area contributed by atoms with Crippen LogP contribution in [0.3, 0.4) is 0 Å². The second-order valence-corrected chi connectivity index (χ2v) is 8.32. The number of epoxide rings is 1. The first-order valence-corrected chi connectivity index (χ1v) is 10.5. The minimum atomic E-state index is -0.789. The number of piperidine rings is 1. The highest BCUT2D eigenvalue weighted by molar-refractivity contribution is 5.18. The van der Waals surface area contributed by atoms with Gasteiger partial charge in [0.05, 0.1) is 0 Å². The average molecular weight is 379 g/mol. The molecule has 0 aromatic heterocycles. The number of benzene rings is 1. The molecule has 2 N–H and O–H groups in total. The lowest BCUT2D eigenvalue weighted by atomic mass is 9.95. The summed E-state index contributed by atoms with van der Waals surface area (Å²) in [5.41, 5.74) is 0.801. The minimum Gasteiger partial charge on any atom is -0.337 e. The van der Waals surface area contributed by atoms with Crippen molar-refractivity contribution in [3.05, 3.63) is 35.4 Å². The van der Waals surface area contributed by atoms with Gasteiger partial charge >= 0.3 is 0 Å². The first-order valence-electron chi connectivity index (χ1n) is 10.5. The zero-order valence-corrected chi connectivity index (χ0v) is 15.9. The third-order valence-electron chi connectivity index (χ3n) is 6.15. The summed E-state index contributed by atoms with van der Waals surface area (Å²) in [4.78, 5) is 2.31. The molecular weight excluding hydrogens is 348 g/mol. The van der Waals surface area contributed by atoms with Crippen molar-refractivity contribution in [1.82, 2.24) is 15.5 Å². The SMILES string of the molecule is Fc1ccc(CN(CC2CCNCC2)C2OC2NC2CCCCC2)cc1F. The first-order chi connectivity index (χ1) is 13.2. The summed E-state index contributed by atoms with van der Waals surface area (Å²) in [6, 6.07) is 4.77. The fourth-order valence-electron chi connectivity index (χ4n) is 4.53. The Bertz CT molecular complexity index is 617. The molecule has 1 aliphatic carbocycles. The molecule has 1 saturated carbocycles. The van der Waals surface area contributed by atoms with Crippen molar-refractivity contribution in [1.29, 1.82) is 0 Å². The van der Waals surface area contributed by atoms with Gasteiger partial charge in [-0.2, -0.15) is 0 Å². The number of nitrogens with zero attached hydrogens (tertiary/aromatic N) is 1. The molecule has 2 atom stereocenters. The second kappa shape index (κ2) is 8.95. The molecule has 0 amide bonds. The Morgan fingerprint density at radius 3 is 2.56 bits per heavy atom. The Balaban J connectivity index is 1.38. The van der Waals surface area contributed by atoms with E-state index < -0.39 is 11.6 Å². The highest BCUT2D eigenvalue weighted by Gasteiger charge is 2.45. The Hall–Kier alpha value is -1.08. The monoisotopic (exact) mass is 379 g/mol. The molecule has 0 spiro atoms. The van der Waals surface area contributed by atoms with Gasteiger partial charge in [-0.15, -0.1) is 0 Å². The largest absolute Gasteiger partial charge is 0.337 e. The molecule has 0 bridgehead atoms. The molecule has 4 nitrogen and oxygen atoms in total. The average Bonchev–Trinajstić information content (AvgIpc) is 3.45. The van der Waals surface area contributed by atoms with E-state index in [1.807, 2.05) is 0 Å². The molecule has 3 aliphatic rings. The van der Waals surface area contributed by atoms with E-state index in [0.717, 1.165) is 38.0 Å². The lowest BCUT2D eigenvalue weighted by Gasteiger charge is -2.29. The lowest BCUT2D eigenvalue weighted by molar-refractivity contribution is 0.132. The number of halogens is 2. The molecule has 1 aromatic carbocycles. The van der Waals surface area contributed by atoms with Crippen LogP contribution in [0.4, 0.5) is 8.78 Å². The molecule has 1 aromatic rings. The third kappa shape index (κ3) is 5.25. The molecule has 2 aliphatic heterocycles. The predicted molar refractivity (Wildman–Crippen MR) is 101 cm³/mol. The van der Waals surface area contributed by atoms with E-state index in [2.05, 4.69) is 15.5 Å². The number of hydrogen-bond donors (Lipinski definition) is 2. The summed E-state index contributed by atoms with van der Waals surface area (Å²) in [5, 5.41) is 7.06. The molecule has 6 heteroatoms. The van der Waals surface area contributed by atoms with Gasteiger partial charge in [0.2, 0.25) is 0 Å². The van der Waals surface area contributed by atoms with E-state index >= 15 is 0 Å². The molecule has 2 heterocycles. The van der Waals surface area contributed by atoms with Crippen molar-refractivity contribution in [3.63, 3.8) is 0 Å². The van der Waals surface area contributed by atoms with E-state index in [-0.39, 0.29) is 12.5 Å². The van der Waals surface area contributed by atoms with Gasteiger partial charge in [-0.1, -0.05) is 25.3 Å². The van der Waals surface area contributed by atoms with Crippen molar-refractivity contribution >= 4 is 0 Å². The number of nitrogens with one attached hydrogen (secondary N) is 2. The summed E-state index contributed by atoms with van der Waals surface area (Å²) in [7, 11) is 0. The van der Waals surface area contributed by atoms with E-state index in [9.17, 15) is 8.78 Å². The molecule has 2 saturated heterocycles. The Kier molecular flexibility index (Phi) is 6.38. The third-order valence-corrected chi connectivity index (χ3v) is 6.15. The Morgan fingerprint density at radius 1 is 1.04 bits per heavy atom. The topological polar surface area (TPSA) is 39.8 Å². The van der Waals surface area contributed by atoms with E-state index in [1.54, 1.807) is 6.07 Å². The Morgan fingerprint density at radius 2 is 1.81 bits per heavy atom. The maximum atomic E-state index is 13.6. The standard InChI is InChI=1S/C21H31F2N3O/c22-18-7-6-16(12-19(18)23)14-26(13-15-8-10-24-11-9-15)21-20(27-21)25-17-4-2-1-3-5-17/h6-7,12,15,17,20-21,24-25H,1-5,8-11,13-14H2. The smallest absolute Gasteiger partial charge is 0.159 e. The maximum Gasteiger partial charge on any atom is 0.159 e. The molecule has 2 unspecified atom stereocenters. The van der Waals surface area contributed by atoms with Crippen molar-refractivity contribution in [3.8, 4) is 0 Å². The predicted octanol–water partition coefficient (Wildman–Crippen LogP) is 3.37. The van der Waals surface area contributed by atoms with Gasteiger partial charge in [-0.3, -0.25) is 10.2 Å². The van der Waals surface area contributed by atoms with Crippen LogP contribution in [0.5, 0.6) is 0 Å². The van der Waals surface area contributed by atoms with Crippen LogP contribution >= 0.6 is 0 Å². The molecule has 150 valence electrons. The van der Waals surface area contributed by atoms with E-state index in [1.165, 1.54) is 44.2 Å². The van der Waals surface area contributed by atoms with Gasteiger partial charge in [-0.25, -0.2) is 8.78 Å². The fourth-order valence-corrected chi connectivity index (χ4v) is 4.53. The van der Waals surface area contributed by atoms with Crippen molar-refractivity contribution < 1.29 is 13.5 Å². The van der Waals surface area contributed by atoms with Crippen LogP contribution < -0.4 is 10.6 Å². The van der Waals surface area contributed by atoms with Crippen molar-refractivity contribution in [2.45, 2.75) is 70.0 Å². The van der Waals surface area contributed by atoms with Crippen LogP contribution in [-0.4, -0.2) is 43.0 Å². The first kappa shape index (κ1) is 19.2. The fraction of sp³-hybridized carbons (Fsp3) is 0.714. The van der Waals surface area contributed by atoms with Crippen LogP contribution in [0.25, 0.3) is 0 Å². The van der Waals surface area contributed by atoms with Crippen LogP contribution in [0, 0.1) is 17.6 Å². The van der Waals surface area contributed by atoms with E-state index in [0.29, 0.717) is 18.5 Å². The molecule has 0 radical (unpaired) electrons. The van der Waals surface area contributed by atoms with Gasteiger partial charge in [-0.05, 0) is 62.4 Å². The summed E-state index contributed by atoms with van der Waals surface area (Å²) >= 11 is 0. The maximum absolute atomic E-state index is 13.6. The quantitative estimate of drug-likeness (QED) is 0.713. The van der Waals surface area contributed by atoms with E-state index in [4.69, 9.17) is 4.74 Å². The lowest BCUT2D eigenvalue weighted by Crippen LogP contribution is -2.41. The van der Waals surface area contributed by atoms with Crippen LogP contribution in [-0.2, 0) is 11.3 Å². The van der Waals surface area contributed by atoms with Gasteiger partial charge in [0.1, 0.15) is 0 Å². The molecule has 3 fully saturated rings. The van der Waals surface area contributed by atoms with Crippen LogP contribution in [0.15, 0.2) is 18.2 Å². The summed E-state index contributed by atoms with van der Waals surface area (Å²) in [6.45, 7) is 3.64.